The highest BCUT2D eigenvalue weighted by atomic mass is 35.5. The van der Waals surface area contributed by atoms with Gasteiger partial charge in [-0.3, -0.25) is 4.68 Å². The van der Waals surface area contributed by atoms with Crippen LogP contribution in [0.4, 0.5) is 0 Å². The molecule has 0 aliphatic carbocycles. The number of halogens is 1. The molecule has 0 bridgehead atoms. The van der Waals surface area contributed by atoms with Gasteiger partial charge in [-0.25, -0.2) is 0 Å². The second-order valence-corrected chi connectivity index (χ2v) is 3.96. The van der Waals surface area contributed by atoms with Crippen LogP contribution in [0.3, 0.4) is 0 Å². The van der Waals surface area contributed by atoms with Crippen molar-refractivity contribution in [2.75, 3.05) is 0 Å². The monoisotopic (exact) mass is 247 g/mol. The Morgan fingerprint density at radius 1 is 1.53 bits per heavy atom. The molecule has 2 rings (SSSR count). The van der Waals surface area contributed by atoms with E-state index in [9.17, 15) is 0 Å². The number of rotatable bonds is 3. The molecule has 1 aromatic heterocycles. The van der Waals surface area contributed by atoms with Crippen LogP contribution in [-0.4, -0.2) is 9.78 Å². The maximum Gasteiger partial charge on any atom is 0.157 e. The van der Waals surface area contributed by atoms with Crippen molar-refractivity contribution in [3.05, 3.63) is 46.7 Å². The van der Waals surface area contributed by atoms with Gasteiger partial charge < -0.3 is 4.74 Å². The molecule has 1 heterocycles. The summed E-state index contributed by atoms with van der Waals surface area (Å²) in [6.07, 6.45) is 3.41. The van der Waals surface area contributed by atoms with Crippen molar-refractivity contribution in [2.24, 2.45) is 7.05 Å². The summed E-state index contributed by atoms with van der Waals surface area (Å²) in [6.45, 7) is 0.357. The van der Waals surface area contributed by atoms with E-state index < -0.39 is 0 Å². The Labute approximate surface area is 104 Å². The predicted octanol–water partition coefficient (Wildman–Crippen LogP) is 2.52. The minimum absolute atomic E-state index is 0.357. The van der Waals surface area contributed by atoms with Crippen LogP contribution in [0.1, 0.15) is 11.1 Å². The third kappa shape index (κ3) is 2.77. The number of nitrogens with zero attached hydrogens (tertiary/aromatic N) is 3. The third-order valence-corrected chi connectivity index (χ3v) is 2.61. The van der Waals surface area contributed by atoms with Gasteiger partial charge >= 0.3 is 0 Å². The Bertz CT molecular complexity index is 571. The largest absolute Gasteiger partial charge is 0.486 e. The molecule has 0 unspecified atom stereocenters. The Hall–Kier alpha value is -1.99. The SMILES string of the molecule is Cn1cc(OCc2ccc(C#N)cc2Cl)cn1. The zero-order valence-electron chi connectivity index (χ0n) is 9.22. The molecule has 2 aromatic rings. The van der Waals surface area contributed by atoms with Gasteiger partial charge in [-0.1, -0.05) is 17.7 Å². The van der Waals surface area contributed by atoms with Crippen LogP contribution in [0.5, 0.6) is 5.75 Å². The number of nitriles is 1. The van der Waals surface area contributed by atoms with Crippen molar-refractivity contribution in [3.8, 4) is 11.8 Å². The van der Waals surface area contributed by atoms with E-state index in [0.29, 0.717) is 22.9 Å². The quantitative estimate of drug-likeness (QED) is 0.838. The zero-order chi connectivity index (χ0) is 12.3. The first-order chi connectivity index (χ1) is 8.19. The van der Waals surface area contributed by atoms with E-state index in [0.717, 1.165) is 5.56 Å². The van der Waals surface area contributed by atoms with Gasteiger partial charge in [0.25, 0.3) is 0 Å². The molecule has 0 saturated carbocycles. The fourth-order valence-corrected chi connectivity index (χ4v) is 1.60. The summed E-state index contributed by atoms with van der Waals surface area (Å²) in [7, 11) is 1.82. The molecular formula is C12H10ClN3O. The van der Waals surface area contributed by atoms with E-state index in [1.165, 1.54) is 0 Å². The average molecular weight is 248 g/mol. The van der Waals surface area contributed by atoms with Crippen LogP contribution in [0.25, 0.3) is 0 Å². The van der Waals surface area contributed by atoms with Gasteiger partial charge in [0, 0.05) is 17.6 Å². The van der Waals surface area contributed by atoms with Gasteiger partial charge in [0.15, 0.2) is 5.75 Å². The highest BCUT2D eigenvalue weighted by molar-refractivity contribution is 6.31. The molecule has 0 N–H and O–H groups in total. The summed E-state index contributed by atoms with van der Waals surface area (Å²) in [5.41, 5.74) is 1.38. The number of benzene rings is 1. The summed E-state index contributed by atoms with van der Waals surface area (Å²) < 4.78 is 7.18. The zero-order valence-corrected chi connectivity index (χ0v) is 9.98. The second-order valence-electron chi connectivity index (χ2n) is 3.56. The fourth-order valence-electron chi connectivity index (χ4n) is 1.37. The Kier molecular flexibility index (Phi) is 3.31. The summed E-state index contributed by atoms with van der Waals surface area (Å²) in [5.74, 6) is 0.688. The minimum Gasteiger partial charge on any atom is -0.486 e. The van der Waals surface area contributed by atoms with E-state index in [1.807, 2.05) is 13.1 Å². The summed E-state index contributed by atoms with van der Waals surface area (Å²) >= 11 is 6.03. The van der Waals surface area contributed by atoms with Gasteiger partial charge in [0.1, 0.15) is 6.61 Å². The highest BCUT2D eigenvalue weighted by Gasteiger charge is 2.03. The molecule has 0 amide bonds. The normalized spacial score (nSPS) is 9.94. The lowest BCUT2D eigenvalue weighted by Crippen LogP contribution is -1.96. The second kappa shape index (κ2) is 4.89. The van der Waals surface area contributed by atoms with Gasteiger partial charge in [-0.15, -0.1) is 0 Å². The lowest BCUT2D eigenvalue weighted by Gasteiger charge is -2.05. The number of aromatic nitrogens is 2. The minimum atomic E-state index is 0.357. The molecule has 86 valence electrons. The lowest BCUT2D eigenvalue weighted by atomic mass is 10.1. The third-order valence-electron chi connectivity index (χ3n) is 2.26. The molecule has 0 aliphatic heterocycles. The maximum absolute atomic E-state index is 8.71. The molecule has 0 fully saturated rings. The van der Waals surface area contributed by atoms with Crippen molar-refractivity contribution in [1.29, 1.82) is 5.26 Å². The summed E-state index contributed by atoms with van der Waals surface area (Å²) in [5, 5.41) is 13.2. The predicted molar refractivity (Wildman–Crippen MR) is 63.7 cm³/mol. The van der Waals surface area contributed by atoms with Crippen LogP contribution in [0.15, 0.2) is 30.6 Å². The number of ether oxygens (including phenoxy) is 1. The van der Waals surface area contributed by atoms with Crippen LogP contribution >= 0.6 is 11.6 Å². The van der Waals surface area contributed by atoms with E-state index in [1.54, 1.807) is 35.3 Å². The van der Waals surface area contributed by atoms with Gasteiger partial charge in [0.05, 0.1) is 24.0 Å². The summed E-state index contributed by atoms with van der Waals surface area (Å²) in [6, 6.07) is 7.17. The Morgan fingerprint density at radius 3 is 2.94 bits per heavy atom. The van der Waals surface area contributed by atoms with Crippen LogP contribution in [0.2, 0.25) is 5.02 Å². The molecule has 4 nitrogen and oxygen atoms in total. The first-order valence-corrected chi connectivity index (χ1v) is 5.37. The highest BCUT2D eigenvalue weighted by Crippen LogP contribution is 2.19. The van der Waals surface area contributed by atoms with Crippen LogP contribution < -0.4 is 4.74 Å². The molecule has 0 radical (unpaired) electrons. The van der Waals surface area contributed by atoms with Crippen LogP contribution in [0, 0.1) is 11.3 Å². The Morgan fingerprint density at radius 2 is 2.35 bits per heavy atom. The molecule has 17 heavy (non-hydrogen) atoms. The maximum atomic E-state index is 8.71. The van der Waals surface area contributed by atoms with Crippen LogP contribution in [-0.2, 0) is 13.7 Å². The van der Waals surface area contributed by atoms with E-state index in [-0.39, 0.29) is 0 Å². The number of aryl methyl sites for hydroxylation is 1. The Balaban J connectivity index is 2.07. The molecule has 0 spiro atoms. The van der Waals surface area contributed by atoms with E-state index >= 15 is 0 Å². The van der Waals surface area contributed by atoms with Crippen molar-refractivity contribution in [2.45, 2.75) is 6.61 Å². The first-order valence-electron chi connectivity index (χ1n) is 4.99. The molecule has 5 heteroatoms. The fraction of sp³-hybridized carbons (Fsp3) is 0.167. The topological polar surface area (TPSA) is 50.8 Å². The smallest absolute Gasteiger partial charge is 0.157 e. The lowest BCUT2D eigenvalue weighted by molar-refractivity contribution is 0.306. The molecule has 0 atom stereocenters. The van der Waals surface area contributed by atoms with Crippen molar-refractivity contribution < 1.29 is 4.74 Å². The van der Waals surface area contributed by atoms with Gasteiger partial charge in [-0.05, 0) is 12.1 Å². The average Bonchev–Trinajstić information content (AvgIpc) is 2.73. The van der Waals surface area contributed by atoms with Crippen molar-refractivity contribution in [1.82, 2.24) is 9.78 Å². The number of hydrogen-bond donors (Lipinski definition) is 0. The van der Waals surface area contributed by atoms with Crippen molar-refractivity contribution in [3.63, 3.8) is 0 Å². The first kappa shape index (κ1) is 11.5. The molecular weight excluding hydrogens is 238 g/mol. The van der Waals surface area contributed by atoms with Crippen molar-refractivity contribution >= 4 is 11.6 Å². The molecule has 0 saturated heterocycles. The molecule has 0 aliphatic rings. The van der Waals surface area contributed by atoms with E-state index in [2.05, 4.69) is 5.10 Å². The van der Waals surface area contributed by atoms with E-state index in [4.69, 9.17) is 21.6 Å². The van der Waals surface area contributed by atoms with Gasteiger partial charge in [-0.2, -0.15) is 10.4 Å². The summed E-state index contributed by atoms with van der Waals surface area (Å²) in [4.78, 5) is 0. The van der Waals surface area contributed by atoms with Gasteiger partial charge in [0.2, 0.25) is 0 Å². The molecule has 1 aromatic carbocycles. The standard InChI is InChI=1S/C12H10ClN3O/c1-16-7-11(6-15-16)17-8-10-3-2-9(5-14)4-12(10)13/h2-4,6-7H,8H2,1H3. The number of hydrogen-bond acceptors (Lipinski definition) is 3.